The third-order valence-electron chi connectivity index (χ3n) is 4.51. The molecular formula is C19H16Cl2F4N2O4. The molecule has 1 atom stereocenters. The maximum Gasteiger partial charge on any atom is 0.422 e. The molecule has 31 heavy (non-hydrogen) atoms. The van der Waals surface area contributed by atoms with Crippen LogP contribution in [0.2, 0.25) is 10.0 Å². The summed E-state index contributed by atoms with van der Waals surface area (Å²) in [5.41, 5.74) is 0.206. The number of aliphatic carboxylic acids is 1. The summed E-state index contributed by atoms with van der Waals surface area (Å²) >= 11 is 12.0. The van der Waals surface area contributed by atoms with Crippen molar-refractivity contribution in [2.24, 2.45) is 0 Å². The minimum atomic E-state index is -4.55. The molecule has 0 radical (unpaired) electrons. The van der Waals surface area contributed by atoms with Crippen LogP contribution in [0.5, 0.6) is 17.4 Å². The third-order valence-corrected chi connectivity index (χ3v) is 5.07. The van der Waals surface area contributed by atoms with Crippen LogP contribution < -0.4 is 9.47 Å². The van der Waals surface area contributed by atoms with Crippen molar-refractivity contribution >= 4 is 29.2 Å². The standard InChI is InChI=1S/C19H16Cl2F4N2O4/c20-12-4-10(8-27-3-1-2-15(27)18(28)29)14(22)6-16(12)31-11-5-13(21)17(26-7-11)30-9-19(23,24)25/h4-7,15H,1-3,8-9H2,(H,28,29)/t15-/m0/s1. The van der Waals surface area contributed by atoms with E-state index in [-0.39, 0.29) is 33.7 Å². The number of pyridine rings is 1. The number of halogens is 6. The summed E-state index contributed by atoms with van der Waals surface area (Å²) in [6.07, 6.45) is -2.31. The molecule has 0 amide bonds. The van der Waals surface area contributed by atoms with Gasteiger partial charge in [0.1, 0.15) is 28.4 Å². The minimum Gasteiger partial charge on any atom is -0.480 e. The second-order valence-electron chi connectivity index (χ2n) is 6.80. The van der Waals surface area contributed by atoms with Crippen LogP contribution in [0.4, 0.5) is 17.6 Å². The summed E-state index contributed by atoms with van der Waals surface area (Å²) in [5.74, 6) is -2.11. The minimum absolute atomic E-state index is 0.00360. The molecule has 1 N–H and O–H groups in total. The fourth-order valence-electron chi connectivity index (χ4n) is 3.13. The fourth-order valence-corrected chi connectivity index (χ4v) is 3.57. The van der Waals surface area contributed by atoms with E-state index in [4.69, 9.17) is 27.9 Å². The van der Waals surface area contributed by atoms with E-state index in [9.17, 15) is 27.5 Å². The van der Waals surface area contributed by atoms with Crippen molar-refractivity contribution in [3.63, 3.8) is 0 Å². The first-order valence-electron chi connectivity index (χ1n) is 9.01. The SMILES string of the molecule is O=C(O)[C@@H]1CCCN1Cc1cc(Cl)c(Oc2cnc(OCC(F)(F)F)c(Cl)c2)cc1F. The van der Waals surface area contributed by atoms with Crippen LogP contribution in [0.25, 0.3) is 0 Å². The van der Waals surface area contributed by atoms with Gasteiger partial charge in [-0.1, -0.05) is 23.2 Å². The van der Waals surface area contributed by atoms with Crippen molar-refractivity contribution in [1.82, 2.24) is 9.88 Å². The molecule has 1 aromatic carbocycles. The third kappa shape index (κ3) is 6.11. The molecule has 2 heterocycles. The molecule has 0 spiro atoms. The summed E-state index contributed by atoms with van der Waals surface area (Å²) < 4.78 is 61.3. The van der Waals surface area contributed by atoms with E-state index in [2.05, 4.69) is 9.72 Å². The fraction of sp³-hybridized carbons (Fsp3) is 0.368. The molecule has 168 valence electrons. The van der Waals surface area contributed by atoms with Crippen molar-refractivity contribution in [1.29, 1.82) is 0 Å². The molecule has 0 aliphatic carbocycles. The lowest BCUT2D eigenvalue weighted by Crippen LogP contribution is -2.35. The van der Waals surface area contributed by atoms with E-state index in [1.165, 1.54) is 6.07 Å². The first kappa shape index (κ1) is 23.4. The quantitative estimate of drug-likeness (QED) is 0.539. The molecule has 2 aromatic rings. The second-order valence-corrected chi connectivity index (χ2v) is 7.62. The number of rotatable bonds is 7. The van der Waals surface area contributed by atoms with E-state index in [0.29, 0.717) is 19.4 Å². The smallest absolute Gasteiger partial charge is 0.422 e. The lowest BCUT2D eigenvalue weighted by atomic mass is 10.1. The van der Waals surface area contributed by atoms with Crippen molar-refractivity contribution in [3.8, 4) is 17.4 Å². The van der Waals surface area contributed by atoms with E-state index in [1.807, 2.05) is 0 Å². The summed E-state index contributed by atoms with van der Waals surface area (Å²) in [5, 5.41) is 9.07. The highest BCUT2D eigenvalue weighted by Crippen LogP contribution is 2.35. The van der Waals surface area contributed by atoms with Gasteiger partial charge in [0, 0.05) is 24.2 Å². The van der Waals surface area contributed by atoms with Gasteiger partial charge in [0.15, 0.2) is 6.61 Å². The van der Waals surface area contributed by atoms with Gasteiger partial charge < -0.3 is 14.6 Å². The zero-order chi connectivity index (χ0) is 22.8. The second kappa shape index (κ2) is 9.46. The van der Waals surface area contributed by atoms with Crippen LogP contribution in [0.15, 0.2) is 24.4 Å². The Labute approximate surface area is 184 Å². The molecule has 1 aromatic heterocycles. The number of hydrogen-bond acceptors (Lipinski definition) is 5. The average molecular weight is 483 g/mol. The average Bonchev–Trinajstić information content (AvgIpc) is 3.13. The number of carboxylic acids is 1. The number of benzene rings is 1. The van der Waals surface area contributed by atoms with Crippen molar-refractivity contribution in [2.45, 2.75) is 31.6 Å². The maximum atomic E-state index is 14.6. The van der Waals surface area contributed by atoms with E-state index in [1.54, 1.807) is 4.90 Å². The van der Waals surface area contributed by atoms with Crippen LogP contribution in [-0.4, -0.2) is 46.3 Å². The Morgan fingerprint density at radius 3 is 2.65 bits per heavy atom. The molecule has 12 heteroatoms. The molecule has 3 rings (SSSR count). The van der Waals surface area contributed by atoms with Gasteiger partial charge in [0.25, 0.3) is 0 Å². The molecule has 1 aliphatic heterocycles. The molecule has 1 saturated heterocycles. The Hall–Kier alpha value is -2.30. The number of aromatic nitrogens is 1. The molecule has 0 saturated carbocycles. The number of alkyl halides is 3. The van der Waals surface area contributed by atoms with Crippen molar-refractivity contribution in [3.05, 3.63) is 45.8 Å². The zero-order valence-corrected chi connectivity index (χ0v) is 17.3. The van der Waals surface area contributed by atoms with Gasteiger partial charge in [-0.15, -0.1) is 0 Å². The number of carbonyl (C=O) groups is 1. The van der Waals surface area contributed by atoms with Crippen LogP contribution in [0.3, 0.4) is 0 Å². The van der Waals surface area contributed by atoms with Gasteiger partial charge in [-0.25, -0.2) is 9.37 Å². The summed E-state index contributed by atoms with van der Waals surface area (Å²) in [4.78, 5) is 16.6. The molecule has 6 nitrogen and oxygen atoms in total. The monoisotopic (exact) mass is 482 g/mol. The molecular weight excluding hydrogens is 467 g/mol. The lowest BCUT2D eigenvalue weighted by Gasteiger charge is -2.21. The normalized spacial score (nSPS) is 17.0. The summed E-state index contributed by atoms with van der Waals surface area (Å²) in [6, 6.07) is 2.84. The number of likely N-dealkylation sites (tertiary alicyclic amines) is 1. The number of ether oxygens (including phenoxy) is 2. The highest BCUT2D eigenvalue weighted by atomic mass is 35.5. The Morgan fingerprint density at radius 2 is 2.00 bits per heavy atom. The van der Waals surface area contributed by atoms with Crippen molar-refractivity contribution < 1.29 is 36.9 Å². The van der Waals surface area contributed by atoms with E-state index < -0.39 is 36.5 Å². The van der Waals surface area contributed by atoms with Crippen LogP contribution in [-0.2, 0) is 11.3 Å². The topological polar surface area (TPSA) is 71.9 Å². The summed E-state index contributed by atoms with van der Waals surface area (Å²) in [7, 11) is 0. The predicted octanol–water partition coefficient (Wildman–Crippen LogP) is 5.31. The Bertz CT molecular complexity index is 975. The lowest BCUT2D eigenvalue weighted by molar-refractivity contribution is -0.154. The van der Waals surface area contributed by atoms with Crippen molar-refractivity contribution in [2.75, 3.05) is 13.2 Å². The van der Waals surface area contributed by atoms with Gasteiger partial charge in [0.2, 0.25) is 5.88 Å². The molecule has 0 unspecified atom stereocenters. The first-order chi connectivity index (χ1) is 14.5. The van der Waals surface area contributed by atoms with E-state index in [0.717, 1.165) is 18.3 Å². The molecule has 1 fully saturated rings. The van der Waals surface area contributed by atoms with Gasteiger partial charge in [-0.05, 0) is 25.5 Å². The molecule has 0 bridgehead atoms. The van der Waals surface area contributed by atoms with Gasteiger partial charge in [-0.2, -0.15) is 13.2 Å². The van der Waals surface area contributed by atoms with Crippen LogP contribution in [0.1, 0.15) is 18.4 Å². The highest BCUT2D eigenvalue weighted by molar-refractivity contribution is 6.32. The Morgan fingerprint density at radius 1 is 1.26 bits per heavy atom. The number of nitrogens with zero attached hydrogens (tertiary/aromatic N) is 2. The highest BCUT2D eigenvalue weighted by Gasteiger charge is 2.31. The van der Waals surface area contributed by atoms with Gasteiger partial charge >= 0.3 is 12.1 Å². The zero-order valence-electron chi connectivity index (χ0n) is 15.8. The number of hydrogen-bond donors (Lipinski definition) is 1. The number of carboxylic acid groups (broad SMARTS) is 1. The van der Waals surface area contributed by atoms with Gasteiger partial charge in [-0.3, -0.25) is 9.69 Å². The maximum absolute atomic E-state index is 14.6. The first-order valence-corrected chi connectivity index (χ1v) is 9.77. The van der Waals surface area contributed by atoms with Gasteiger partial charge in [0.05, 0.1) is 11.2 Å². The van der Waals surface area contributed by atoms with Crippen LogP contribution in [0, 0.1) is 5.82 Å². The Balaban J connectivity index is 1.72. The predicted molar refractivity (Wildman–Crippen MR) is 103 cm³/mol. The largest absolute Gasteiger partial charge is 0.480 e. The Kier molecular flexibility index (Phi) is 7.13. The molecule has 1 aliphatic rings. The summed E-state index contributed by atoms with van der Waals surface area (Å²) in [6.45, 7) is -0.960. The van der Waals surface area contributed by atoms with Crippen LogP contribution >= 0.6 is 23.2 Å². The van der Waals surface area contributed by atoms with E-state index >= 15 is 0 Å².